The van der Waals surface area contributed by atoms with Gasteiger partial charge in [0.1, 0.15) is 42.4 Å². The molecule has 74 heavy (non-hydrogen) atoms. The van der Waals surface area contributed by atoms with Gasteiger partial charge in [0.05, 0.1) is 0 Å². The van der Waals surface area contributed by atoms with Crippen molar-refractivity contribution in [3.63, 3.8) is 0 Å². The minimum Gasteiger partial charge on any atom is -0.444 e. The molecule has 4 aromatic rings. The molecule has 1 aliphatic rings. The van der Waals surface area contributed by atoms with E-state index in [4.69, 9.17) is 20.9 Å². The Morgan fingerprint density at radius 1 is 0.689 bits per heavy atom. The van der Waals surface area contributed by atoms with E-state index in [0.29, 0.717) is 46.4 Å². The summed E-state index contributed by atoms with van der Waals surface area (Å²) in [6.07, 6.45) is -1.09. The standard InChI is InChI=1S/C56H72N8O10/c1-38(2)29-30-48(65)64(46(49(58)66)35-40-22-12-7-13-23-40)62-33-31-44(52(62)69)59-50(67)45(34-39-20-10-6-11-21-39)60-51(68)47(36-41-24-14-8-15-25-41)63(55(72)73-37-42-26-16-9-17-27-42)53(70)43(28-18-19-32-57)61-54(71)74-56(3,4)5/h6-17,20-27,38,43-47H,18-19,28-37,57H2,1-5H3,(H2,58,66)(H,59,67)(H,60,68)(H,61,71)/t43-,44-,45-,46?,47-/m0/s1. The van der Waals surface area contributed by atoms with Gasteiger partial charge < -0.3 is 36.9 Å². The number of amides is 8. The fraction of sp³-hybridized carbons (Fsp3) is 0.429. The highest BCUT2D eigenvalue weighted by Gasteiger charge is 2.45. The number of ether oxygens (including phenoxy) is 2. The Labute approximate surface area is 433 Å². The van der Waals surface area contributed by atoms with E-state index >= 15 is 9.59 Å². The molecule has 1 aliphatic heterocycles. The van der Waals surface area contributed by atoms with Crippen LogP contribution in [0.4, 0.5) is 9.59 Å². The second kappa shape index (κ2) is 28.0. The van der Waals surface area contributed by atoms with Crippen molar-refractivity contribution in [3.8, 4) is 0 Å². The van der Waals surface area contributed by atoms with Gasteiger partial charge in [-0.2, -0.15) is 0 Å². The molecule has 18 heteroatoms. The lowest BCUT2D eigenvalue weighted by atomic mass is 10.00. The molecule has 1 unspecified atom stereocenters. The van der Waals surface area contributed by atoms with Crippen molar-refractivity contribution < 1.29 is 47.8 Å². The zero-order valence-corrected chi connectivity index (χ0v) is 43.1. The number of alkyl carbamates (subject to hydrolysis) is 1. The molecular weight excluding hydrogens is 945 g/mol. The van der Waals surface area contributed by atoms with Crippen LogP contribution in [0.1, 0.15) is 95.4 Å². The van der Waals surface area contributed by atoms with Gasteiger partial charge in [0, 0.05) is 32.2 Å². The summed E-state index contributed by atoms with van der Waals surface area (Å²) in [7, 11) is 0. The molecule has 5 rings (SSSR count). The molecule has 18 nitrogen and oxygen atoms in total. The van der Waals surface area contributed by atoms with Crippen LogP contribution in [-0.2, 0) is 64.1 Å². The van der Waals surface area contributed by atoms with Crippen molar-refractivity contribution >= 4 is 47.6 Å². The highest BCUT2D eigenvalue weighted by molar-refractivity contribution is 6.02. The molecule has 0 aliphatic carbocycles. The minimum absolute atomic E-state index is 0.0100. The number of benzene rings is 4. The quantitative estimate of drug-likeness (QED) is 0.0518. The van der Waals surface area contributed by atoms with Gasteiger partial charge in [-0.05, 0) is 87.6 Å². The first kappa shape index (κ1) is 57.3. The molecule has 0 radical (unpaired) electrons. The number of hydrogen-bond acceptors (Lipinski definition) is 11. The normalized spacial score (nSPS) is 15.0. The summed E-state index contributed by atoms with van der Waals surface area (Å²) in [5.41, 5.74) is 13.3. The minimum atomic E-state index is -1.68. The van der Waals surface area contributed by atoms with Crippen LogP contribution in [-0.4, -0.2) is 111 Å². The van der Waals surface area contributed by atoms with E-state index < -0.39 is 83.4 Å². The summed E-state index contributed by atoms with van der Waals surface area (Å²) < 4.78 is 11.3. The summed E-state index contributed by atoms with van der Waals surface area (Å²) in [5, 5.41) is 10.5. The van der Waals surface area contributed by atoms with E-state index in [9.17, 15) is 28.8 Å². The van der Waals surface area contributed by atoms with Gasteiger partial charge in [-0.25, -0.2) is 24.5 Å². The van der Waals surface area contributed by atoms with Crippen molar-refractivity contribution in [3.05, 3.63) is 144 Å². The van der Waals surface area contributed by atoms with Crippen molar-refractivity contribution in [1.29, 1.82) is 0 Å². The number of nitrogens with zero attached hydrogens (tertiary/aromatic N) is 3. The Morgan fingerprint density at radius 2 is 1.22 bits per heavy atom. The number of hydrogen-bond donors (Lipinski definition) is 5. The van der Waals surface area contributed by atoms with Gasteiger partial charge in [-0.1, -0.05) is 135 Å². The maximum atomic E-state index is 15.2. The van der Waals surface area contributed by atoms with Gasteiger partial charge in [-0.15, -0.1) is 0 Å². The first-order valence-corrected chi connectivity index (χ1v) is 25.2. The zero-order chi connectivity index (χ0) is 53.8. The number of rotatable bonds is 25. The lowest BCUT2D eigenvalue weighted by Crippen LogP contribution is -2.62. The average molecular weight is 1020 g/mol. The number of nitrogens with two attached hydrogens (primary N) is 2. The number of imide groups is 1. The molecule has 0 aromatic heterocycles. The van der Waals surface area contributed by atoms with E-state index in [-0.39, 0.29) is 64.1 Å². The lowest BCUT2D eigenvalue weighted by Gasteiger charge is -2.37. The predicted octanol–water partition coefficient (Wildman–Crippen LogP) is 5.51. The lowest BCUT2D eigenvalue weighted by molar-refractivity contribution is -0.168. The van der Waals surface area contributed by atoms with E-state index in [0.717, 1.165) is 5.01 Å². The molecule has 0 saturated carbocycles. The summed E-state index contributed by atoms with van der Waals surface area (Å²) in [4.78, 5) is 115. The molecular formula is C56H72N8O10. The highest BCUT2D eigenvalue weighted by atomic mass is 16.6. The summed E-state index contributed by atoms with van der Waals surface area (Å²) in [6.45, 7) is 8.83. The van der Waals surface area contributed by atoms with Crippen molar-refractivity contribution in [2.24, 2.45) is 17.4 Å². The van der Waals surface area contributed by atoms with Crippen LogP contribution in [0.25, 0.3) is 0 Å². The molecule has 396 valence electrons. The average Bonchev–Trinajstić information content (AvgIpc) is 3.72. The largest absolute Gasteiger partial charge is 0.444 e. The monoisotopic (exact) mass is 1020 g/mol. The van der Waals surface area contributed by atoms with Crippen LogP contribution >= 0.6 is 0 Å². The van der Waals surface area contributed by atoms with Gasteiger partial charge in [-0.3, -0.25) is 28.8 Å². The maximum absolute atomic E-state index is 15.2. The first-order valence-electron chi connectivity index (χ1n) is 25.2. The second-order valence-electron chi connectivity index (χ2n) is 19.8. The zero-order valence-electron chi connectivity index (χ0n) is 43.1. The Morgan fingerprint density at radius 3 is 1.73 bits per heavy atom. The Balaban J connectivity index is 1.51. The van der Waals surface area contributed by atoms with Crippen molar-refractivity contribution in [2.75, 3.05) is 13.1 Å². The number of hydrazine groups is 1. The van der Waals surface area contributed by atoms with Crippen LogP contribution in [0.2, 0.25) is 0 Å². The van der Waals surface area contributed by atoms with Crippen LogP contribution in [0.3, 0.4) is 0 Å². The predicted molar refractivity (Wildman–Crippen MR) is 278 cm³/mol. The number of carbonyl (C=O) groups is 8. The number of carbonyl (C=O) groups excluding carboxylic acids is 8. The molecule has 8 amide bonds. The van der Waals surface area contributed by atoms with E-state index in [1.807, 2.05) is 19.9 Å². The smallest absolute Gasteiger partial charge is 0.417 e. The number of primary amides is 1. The fourth-order valence-electron chi connectivity index (χ4n) is 8.43. The first-order chi connectivity index (χ1) is 35.3. The summed E-state index contributed by atoms with van der Waals surface area (Å²) in [5.74, 6) is -4.53. The topological polar surface area (TPSA) is 253 Å². The van der Waals surface area contributed by atoms with Crippen molar-refractivity contribution in [1.82, 2.24) is 30.9 Å². The molecule has 7 N–H and O–H groups in total. The van der Waals surface area contributed by atoms with Gasteiger partial charge in [0.25, 0.3) is 11.8 Å². The van der Waals surface area contributed by atoms with Gasteiger partial charge in [0.15, 0.2) is 0 Å². The van der Waals surface area contributed by atoms with E-state index in [2.05, 4.69) is 16.0 Å². The Bertz CT molecular complexity index is 2490. The van der Waals surface area contributed by atoms with Gasteiger partial charge >= 0.3 is 12.2 Å². The highest BCUT2D eigenvalue weighted by Crippen LogP contribution is 2.23. The van der Waals surface area contributed by atoms with Crippen LogP contribution < -0.4 is 27.4 Å². The molecule has 0 spiro atoms. The van der Waals surface area contributed by atoms with Gasteiger partial charge in [0.2, 0.25) is 23.6 Å². The molecule has 5 atom stereocenters. The van der Waals surface area contributed by atoms with E-state index in [1.54, 1.807) is 136 Å². The fourth-order valence-corrected chi connectivity index (χ4v) is 8.43. The molecule has 1 fully saturated rings. The maximum Gasteiger partial charge on any atom is 0.417 e. The van der Waals surface area contributed by atoms with Crippen LogP contribution in [0.5, 0.6) is 0 Å². The van der Waals surface area contributed by atoms with Crippen LogP contribution in [0, 0.1) is 5.92 Å². The molecule has 4 aromatic carbocycles. The summed E-state index contributed by atoms with van der Waals surface area (Å²) in [6, 6.07) is 28.2. The SMILES string of the molecule is CC(C)CCC(=O)N(C(Cc1ccccc1)C(N)=O)N1CC[C@H](NC(=O)[C@H](Cc2ccccc2)NC(=O)[C@H](Cc2ccccc2)N(C(=O)OCc2ccccc2)C(=O)[C@H](CCCCN)NC(=O)OC(C)(C)C)C1=O. The molecule has 0 bridgehead atoms. The summed E-state index contributed by atoms with van der Waals surface area (Å²) >= 11 is 0. The third-order valence-electron chi connectivity index (χ3n) is 12.2. The Hall–Kier alpha value is -7.60. The third-order valence-corrected chi connectivity index (χ3v) is 12.2. The van der Waals surface area contributed by atoms with Crippen LogP contribution in [0.15, 0.2) is 121 Å². The Kier molecular flexibility index (Phi) is 21.7. The number of nitrogens with one attached hydrogen (secondary N) is 3. The molecule has 1 saturated heterocycles. The number of unbranched alkanes of at least 4 members (excludes halogenated alkanes) is 1. The third kappa shape index (κ3) is 17.6. The van der Waals surface area contributed by atoms with E-state index in [1.165, 1.54) is 5.01 Å². The van der Waals surface area contributed by atoms with Crippen molar-refractivity contribution in [2.45, 2.75) is 135 Å². The molecule has 1 heterocycles. The second-order valence-corrected chi connectivity index (χ2v) is 19.8.